The number of rotatable bonds is 5. The maximum atomic E-state index is 10.2. The van der Waals surface area contributed by atoms with E-state index >= 15 is 0 Å². The third-order valence-corrected chi connectivity index (χ3v) is 3.53. The smallest absolute Gasteiger partial charge is 0.164 e. The van der Waals surface area contributed by atoms with Crippen LogP contribution in [0.25, 0.3) is 10.4 Å². The first-order chi connectivity index (χ1) is 9.96. The Hall–Kier alpha value is -1.09. The van der Waals surface area contributed by atoms with Gasteiger partial charge in [-0.1, -0.05) is 0 Å². The molecule has 0 aliphatic carbocycles. The van der Waals surface area contributed by atoms with E-state index in [0.717, 1.165) is 0 Å². The molecule has 5 atom stereocenters. The molecule has 2 heterocycles. The summed E-state index contributed by atoms with van der Waals surface area (Å²) in [6.45, 7) is 3.54. The zero-order chi connectivity index (χ0) is 15.5. The van der Waals surface area contributed by atoms with Gasteiger partial charge >= 0.3 is 0 Å². The fourth-order valence-corrected chi connectivity index (χ4v) is 2.68. The molecule has 0 aromatic heterocycles. The Kier molecular flexibility index (Phi) is 5.26. The van der Waals surface area contributed by atoms with Crippen molar-refractivity contribution in [3.8, 4) is 0 Å². The predicted octanol–water partition coefficient (Wildman–Crippen LogP) is 1.26. The molecule has 0 amide bonds. The summed E-state index contributed by atoms with van der Waals surface area (Å²) in [5, 5.41) is 13.2. The molecule has 9 heteroatoms. The highest BCUT2D eigenvalue weighted by molar-refractivity contribution is 4.92. The Labute approximate surface area is 122 Å². The topological polar surface area (TPSA) is 115 Å². The minimum absolute atomic E-state index is 0.0163. The molecule has 2 aliphatic heterocycles. The molecule has 21 heavy (non-hydrogen) atoms. The molecule has 9 nitrogen and oxygen atoms in total. The number of methoxy groups -OCH3 is 1. The fraction of sp³-hybridized carbons (Fsp3) is 1.00. The molecule has 0 bridgehead atoms. The van der Waals surface area contributed by atoms with Crippen LogP contribution in [0.2, 0.25) is 0 Å². The standard InChI is InChI=1S/C12H21N3O6/c1-12(2)20-8(6-18-15-14-13)11(21-12)10-7(16)4-5-9(17-3)19-10/h7-11,16H,4-6H2,1-3H3/t7-,8-,9+,10+,11+/m0/s1. The minimum Gasteiger partial charge on any atom is -0.431 e. The quantitative estimate of drug-likeness (QED) is 0.354. The normalized spacial score (nSPS) is 38.8. The molecule has 0 saturated carbocycles. The van der Waals surface area contributed by atoms with E-state index in [0.29, 0.717) is 12.8 Å². The van der Waals surface area contributed by atoms with Crippen LogP contribution < -0.4 is 0 Å². The first kappa shape index (κ1) is 16.3. The van der Waals surface area contributed by atoms with Crippen LogP contribution >= 0.6 is 0 Å². The van der Waals surface area contributed by atoms with Crippen molar-refractivity contribution in [3.63, 3.8) is 0 Å². The van der Waals surface area contributed by atoms with Crippen molar-refractivity contribution in [2.75, 3.05) is 13.7 Å². The zero-order valence-corrected chi connectivity index (χ0v) is 12.3. The highest BCUT2D eigenvalue weighted by Crippen LogP contribution is 2.35. The van der Waals surface area contributed by atoms with E-state index in [1.165, 1.54) is 0 Å². The molecule has 2 rings (SSSR count). The fourth-order valence-electron chi connectivity index (χ4n) is 2.68. The number of nitrogens with zero attached hydrogens (tertiary/aromatic N) is 3. The zero-order valence-electron chi connectivity index (χ0n) is 12.3. The van der Waals surface area contributed by atoms with E-state index in [4.69, 9.17) is 29.3 Å². The van der Waals surface area contributed by atoms with Gasteiger partial charge in [-0.05, 0) is 25.8 Å². The Morgan fingerprint density at radius 1 is 1.33 bits per heavy atom. The van der Waals surface area contributed by atoms with E-state index in [1.54, 1.807) is 21.0 Å². The SMILES string of the molecule is CO[C@H]1CC[C@H](O)[C@H]([C@@H]2OC(C)(C)O[C@H]2CON=[N+]=[N-])O1. The van der Waals surface area contributed by atoms with Gasteiger partial charge in [0.25, 0.3) is 0 Å². The first-order valence-corrected chi connectivity index (χ1v) is 6.85. The summed E-state index contributed by atoms with van der Waals surface area (Å²) in [7, 11) is 1.55. The largest absolute Gasteiger partial charge is 0.431 e. The van der Waals surface area contributed by atoms with Crippen molar-refractivity contribution >= 4 is 0 Å². The number of azide groups is 1. The van der Waals surface area contributed by atoms with Crippen molar-refractivity contribution in [2.45, 2.75) is 63.2 Å². The maximum Gasteiger partial charge on any atom is 0.164 e. The van der Waals surface area contributed by atoms with Gasteiger partial charge in [-0.2, -0.15) is 0 Å². The van der Waals surface area contributed by atoms with E-state index < -0.39 is 30.2 Å². The van der Waals surface area contributed by atoms with Gasteiger partial charge in [0.15, 0.2) is 12.1 Å². The average Bonchev–Trinajstić information content (AvgIpc) is 2.75. The van der Waals surface area contributed by atoms with Crippen LogP contribution in [0, 0.1) is 0 Å². The van der Waals surface area contributed by atoms with Crippen molar-refractivity contribution in [1.82, 2.24) is 0 Å². The molecule has 1 N–H and O–H groups in total. The molecule has 0 aromatic carbocycles. The average molecular weight is 303 g/mol. The summed E-state index contributed by atoms with van der Waals surface area (Å²) in [6.07, 6.45) is -1.55. The second-order valence-corrected chi connectivity index (χ2v) is 5.52. The number of hydrogen-bond acceptors (Lipinski definition) is 7. The van der Waals surface area contributed by atoms with Crippen molar-refractivity contribution in [3.05, 3.63) is 10.4 Å². The molecule has 120 valence electrons. The summed E-state index contributed by atoms with van der Waals surface area (Å²) < 4.78 is 22.4. The molecule has 2 saturated heterocycles. The lowest BCUT2D eigenvalue weighted by Crippen LogP contribution is -2.51. The molecule has 2 fully saturated rings. The third kappa shape index (κ3) is 3.97. The Balaban J connectivity index is 2.07. The van der Waals surface area contributed by atoms with Gasteiger partial charge < -0.3 is 28.9 Å². The van der Waals surface area contributed by atoms with Gasteiger partial charge in [-0.3, -0.25) is 0 Å². The minimum atomic E-state index is -0.835. The highest BCUT2D eigenvalue weighted by atomic mass is 16.8. The molecular formula is C12H21N3O6. The van der Waals surface area contributed by atoms with Crippen LogP contribution in [-0.2, 0) is 23.8 Å². The molecule has 0 radical (unpaired) electrons. The van der Waals surface area contributed by atoms with Crippen LogP contribution in [0.5, 0.6) is 0 Å². The summed E-state index contributed by atoms with van der Waals surface area (Å²) >= 11 is 0. The van der Waals surface area contributed by atoms with Gasteiger partial charge in [-0.15, -0.1) is 0 Å². The monoisotopic (exact) mass is 303 g/mol. The van der Waals surface area contributed by atoms with Crippen molar-refractivity contribution in [2.24, 2.45) is 5.28 Å². The highest BCUT2D eigenvalue weighted by Gasteiger charge is 2.49. The number of hydrogen-bond donors (Lipinski definition) is 1. The van der Waals surface area contributed by atoms with Gasteiger partial charge in [-0.25, -0.2) is 0 Å². The molecule has 0 unspecified atom stereocenters. The number of ether oxygens (including phenoxy) is 4. The van der Waals surface area contributed by atoms with Gasteiger partial charge in [0.2, 0.25) is 0 Å². The van der Waals surface area contributed by atoms with E-state index in [1.807, 2.05) is 0 Å². The third-order valence-electron chi connectivity index (χ3n) is 3.53. The van der Waals surface area contributed by atoms with Crippen molar-refractivity contribution in [1.29, 1.82) is 0 Å². The van der Waals surface area contributed by atoms with Crippen LogP contribution in [-0.4, -0.2) is 55.3 Å². The lowest BCUT2D eigenvalue weighted by molar-refractivity contribution is -0.246. The molecule has 0 aromatic rings. The Morgan fingerprint density at radius 2 is 2.10 bits per heavy atom. The van der Waals surface area contributed by atoms with Crippen LogP contribution in [0.15, 0.2) is 5.28 Å². The number of aliphatic hydroxyl groups excluding tert-OH is 1. The van der Waals surface area contributed by atoms with Crippen LogP contribution in [0.4, 0.5) is 0 Å². The first-order valence-electron chi connectivity index (χ1n) is 6.85. The van der Waals surface area contributed by atoms with E-state index in [9.17, 15) is 5.11 Å². The summed E-state index contributed by atoms with van der Waals surface area (Å²) in [5.41, 5.74) is 8.25. The lowest BCUT2D eigenvalue weighted by atomic mass is 9.97. The lowest BCUT2D eigenvalue weighted by Gasteiger charge is -2.37. The van der Waals surface area contributed by atoms with Crippen LogP contribution in [0.1, 0.15) is 26.7 Å². The summed E-state index contributed by atoms with van der Waals surface area (Å²) in [4.78, 5) is 7.32. The van der Waals surface area contributed by atoms with Gasteiger partial charge in [0, 0.05) is 18.4 Å². The predicted molar refractivity (Wildman–Crippen MR) is 69.8 cm³/mol. The maximum absolute atomic E-state index is 10.2. The van der Waals surface area contributed by atoms with E-state index in [-0.39, 0.29) is 12.9 Å². The second kappa shape index (κ2) is 6.78. The Bertz CT molecular complexity index is 400. The van der Waals surface area contributed by atoms with Gasteiger partial charge in [0.05, 0.1) is 6.10 Å². The molecule has 2 aliphatic rings. The molecular weight excluding hydrogens is 282 g/mol. The second-order valence-electron chi connectivity index (χ2n) is 5.52. The summed E-state index contributed by atoms with van der Waals surface area (Å²) in [5.74, 6) is -0.835. The van der Waals surface area contributed by atoms with Crippen molar-refractivity contribution < 1.29 is 28.9 Å². The van der Waals surface area contributed by atoms with Gasteiger partial charge in [0.1, 0.15) is 30.2 Å². The summed E-state index contributed by atoms with van der Waals surface area (Å²) in [6, 6.07) is 0. The van der Waals surface area contributed by atoms with E-state index in [2.05, 4.69) is 10.2 Å². The Morgan fingerprint density at radius 3 is 2.76 bits per heavy atom. The van der Waals surface area contributed by atoms with Crippen LogP contribution in [0.3, 0.4) is 0 Å². The number of aliphatic hydroxyl groups is 1. The molecule has 0 spiro atoms.